The van der Waals surface area contributed by atoms with Crippen molar-refractivity contribution >= 4 is 11.6 Å². The molecule has 1 nitrogen and oxygen atoms in total. The van der Waals surface area contributed by atoms with E-state index in [1.165, 1.54) is 38.6 Å². The molecule has 1 aliphatic carbocycles. The van der Waals surface area contributed by atoms with Gasteiger partial charge in [0.25, 0.3) is 0 Å². The molecule has 1 unspecified atom stereocenters. The van der Waals surface area contributed by atoms with E-state index in [9.17, 15) is 0 Å². The summed E-state index contributed by atoms with van der Waals surface area (Å²) in [4.78, 5) is 2.61. The SMILES string of the molecule is CCCC(C)CN(CCCl)C1CCC1. The lowest BCUT2D eigenvalue weighted by molar-refractivity contribution is 0.115. The number of hydrogen-bond acceptors (Lipinski definition) is 1. The molecule has 1 atom stereocenters. The Morgan fingerprint density at radius 2 is 2.14 bits per heavy atom. The van der Waals surface area contributed by atoms with Crippen LogP contribution in [0.5, 0.6) is 0 Å². The minimum Gasteiger partial charge on any atom is -0.299 e. The summed E-state index contributed by atoms with van der Waals surface area (Å²) < 4.78 is 0. The Balaban J connectivity index is 2.26. The number of rotatable bonds is 7. The molecule has 0 saturated heterocycles. The van der Waals surface area contributed by atoms with Gasteiger partial charge in [0.15, 0.2) is 0 Å². The molecule has 0 heterocycles. The minimum absolute atomic E-state index is 0.787. The van der Waals surface area contributed by atoms with Crippen LogP contribution in [0.15, 0.2) is 0 Å². The van der Waals surface area contributed by atoms with Crippen LogP contribution in [-0.4, -0.2) is 29.9 Å². The Morgan fingerprint density at radius 3 is 2.57 bits per heavy atom. The van der Waals surface area contributed by atoms with Crippen molar-refractivity contribution in [3.8, 4) is 0 Å². The standard InChI is InChI=1S/C12H24ClN/c1-3-5-11(2)10-14(9-8-13)12-6-4-7-12/h11-12H,3-10H2,1-2H3. The van der Waals surface area contributed by atoms with Gasteiger partial charge in [0.05, 0.1) is 0 Å². The molecule has 14 heavy (non-hydrogen) atoms. The van der Waals surface area contributed by atoms with Crippen molar-refractivity contribution in [1.29, 1.82) is 0 Å². The molecule has 1 rings (SSSR count). The van der Waals surface area contributed by atoms with Gasteiger partial charge in [-0.3, -0.25) is 4.90 Å². The van der Waals surface area contributed by atoms with E-state index < -0.39 is 0 Å². The summed E-state index contributed by atoms with van der Waals surface area (Å²) in [5.41, 5.74) is 0. The van der Waals surface area contributed by atoms with Crippen LogP contribution in [-0.2, 0) is 0 Å². The molecule has 1 saturated carbocycles. The van der Waals surface area contributed by atoms with Crippen LogP contribution in [0, 0.1) is 5.92 Å². The van der Waals surface area contributed by atoms with Gasteiger partial charge in [-0.25, -0.2) is 0 Å². The first kappa shape index (κ1) is 12.3. The summed E-state index contributed by atoms with van der Waals surface area (Å²) in [6.45, 7) is 6.97. The highest BCUT2D eigenvalue weighted by Crippen LogP contribution is 2.25. The van der Waals surface area contributed by atoms with E-state index >= 15 is 0 Å². The Kier molecular flexibility index (Phi) is 5.88. The van der Waals surface area contributed by atoms with Gasteiger partial charge in [-0.15, -0.1) is 11.6 Å². The van der Waals surface area contributed by atoms with Gasteiger partial charge in [-0.05, 0) is 25.2 Å². The third kappa shape index (κ3) is 3.78. The van der Waals surface area contributed by atoms with Gasteiger partial charge in [0.1, 0.15) is 0 Å². The Morgan fingerprint density at radius 1 is 1.43 bits per heavy atom. The van der Waals surface area contributed by atoms with Gasteiger partial charge in [0, 0.05) is 25.0 Å². The van der Waals surface area contributed by atoms with Crippen molar-refractivity contribution in [3.63, 3.8) is 0 Å². The minimum atomic E-state index is 0.787. The van der Waals surface area contributed by atoms with Crippen LogP contribution < -0.4 is 0 Å². The highest BCUT2D eigenvalue weighted by atomic mass is 35.5. The largest absolute Gasteiger partial charge is 0.299 e. The molecular weight excluding hydrogens is 194 g/mol. The van der Waals surface area contributed by atoms with Crippen LogP contribution in [0.4, 0.5) is 0 Å². The summed E-state index contributed by atoms with van der Waals surface area (Å²) in [5, 5.41) is 0. The predicted molar refractivity (Wildman–Crippen MR) is 64.0 cm³/mol. The molecule has 84 valence electrons. The second kappa shape index (κ2) is 6.68. The monoisotopic (exact) mass is 217 g/mol. The zero-order chi connectivity index (χ0) is 10.4. The maximum absolute atomic E-state index is 5.84. The molecule has 0 aromatic heterocycles. The zero-order valence-corrected chi connectivity index (χ0v) is 10.4. The summed E-state index contributed by atoms with van der Waals surface area (Å²) in [5.74, 6) is 1.62. The summed E-state index contributed by atoms with van der Waals surface area (Å²) in [6.07, 6.45) is 6.88. The second-order valence-electron chi connectivity index (χ2n) is 4.66. The number of hydrogen-bond donors (Lipinski definition) is 0. The van der Waals surface area contributed by atoms with Crippen molar-refractivity contribution in [1.82, 2.24) is 4.90 Å². The van der Waals surface area contributed by atoms with Gasteiger partial charge < -0.3 is 0 Å². The van der Waals surface area contributed by atoms with E-state index in [4.69, 9.17) is 11.6 Å². The van der Waals surface area contributed by atoms with Crippen molar-refractivity contribution in [2.24, 2.45) is 5.92 Å². The van der Waals surface area contributed by atoms with Crippen molar-refractivity contribution in [3.05, 3.63) is 0 Å². The molecule has 0 spiro atoms. The Bertz CT molecular complexity index is 145. The van der Waals surface area contributed by atoms with Gasteiger partial charge in [-0.1, -0.05) is 26.7 Å². The summed E-state index contributed by atoms with van der Waals surface area (Å²) in [6, 6.07) is 0.855. The fraction of sp³-hybridized carbons (Fsp3) is 1.00. The topological polar surface area (TPSA) is 3.24 Å². The number of alkyl halides is 1. The molecule has 0 amide bonds. The van der Waals surface area contributed by atoms with Crippen molar-refractivity contribution in [2.75, 3.05) is 19.0 Å². The molecule has 2 heteroatoms. The lowest BCUT2D eigenvalue weighted by atomic mass is 9.90. The van der Waals surface area contributed by atoms with E-state index in [0.29, 0.717) is 0 Å². The molecule has 1 aliphatic rings. The highest BCUT2D eigenvalue weighted by Gasteiger charge is 2.25. The first-order chi connectivity index (χ1) is 6.77. The van der Waals surface area contributed by atoms with E-state index in [0.717, 1.165) is 24.4 Å². The first-order valence-corrected chi connectivity index (χ1v) is 6.61. The van der Waals surface area contributed by atoms with Crippen LogP contribution in [0.1, 0.15) is 46.0 Å². The van der Waals surface area contributed by atoms with Gasteiger partial charge >= 0.3 is 0 Å². The predicted octanol–water partition coefficient (Wildman–Crippen LogP) is 3.52. The summed E-state index contributed by atoms with van der Waals surface area (Å²) in [7, 11) is 0. The average molecular weight is 218 g/mol. The first-order valence-electron chi connectivity index (χ1n) is 6.08. The quantitative estimate of drug-likeness (QED) is 0.590. The van der Waals surface area contributed by atoms with Crippen LogP contribution >= 0.6 is 11.6 Å². The molecule has 1 fully saturated rings. The lowest BCUT2D eigenvalue weighted by Gasteiger charge is -2.38. The van der Waals surface area contributed by atoms with Gasteiger partial charge in [-0.2, -0.15) is 0 Å². The summed E-state index contributed by atoms with van der Waals surface area (Å²) >= 11 is 5.84. The zero-order valence-electron chi connectivity index (χ0n) is 9.64. The Hall–Kier alpha value is 0.250. The van der Waals surface area contributed by atoms with Gasteiger partial charge in [0.2, 0.25) is 0 Å². The fourth-order valence-electron chi connectivity index (χ4n) is 2.27. The normalized spacial score (nSPS) is 19.7. The van der Waals surface area contributed by atoms with Crippen LogP contribution in [0.2, 0.25) is 0 Å². The maximum Gasteiger partial charge on any atom is 0.0351 e. The molecular formula is C12H24ClN. The molecule has 0 radical (unpaired) electrons. The van der Waals surface area contributed by atoms with Crippen molar-refractivity contribution in [2.45, 2.75) is 52.0 Å². The molecule has 0 aromatic carbocycles. The highest BCUT2D eigenvalue weighted by molar-refractivity contribution is 6.18. The lowest BCUT2D eigenvalue weighted by Crippen LogP contribution is -2.43. The fourth-order valence-corrected chi connectivity index (χ4v) is 2.48. The molecule has 0 N–H and O–H groups in total. The van der Waals surface area contributed by atoms with E-state index in [2.05, 4.69) is 18.7 Å². The third-order valence-corrected chi connectivity index (χ3v) is 3.46. The second-order valence-corrected chi connectivity index (χ2v) is 5.04. The third-order valence-electron chi connectivity index (χ3n) is 3.29. The van der Waals surface area contributed by atoms with Crippen LogP contribution in [0.3, 0.4) is 0 Å². The van der Waals surface area contributed by atoms with Crippen LogP contribution in [0.25, 0.3) is 0 Å². The smallest absolute Gasteiger partial charge is 0.0351 e. The maximum atomic E-state index is 5.84. The number of halogens is 1. The molecule has 0 aromatic rings. The molecule has 0 bridgehead atoms. The van der Waals surface area contributed by atoms with Crippen molar-refractivity contribution < 1.29 is 0 Å². The average Bonchev–Trinajstić information content (AvgIpc) is 2.01. The van der Waals surface area contributed by atoms with E-state index in [1.807, 2.05) is 0 Å². The Labute approximate surface area is 93.8 Å². The van der Waals surface area contributed by atoms with E-state index in [1.54, 1.807) is 0 Å². The van der Waals surface area contributed by atoms with E-state index in [-0.39, 0.29) is 0 Å². The molecule has 0 aliphatic heterocycles. The number of nitrogens with zero attached hydrogens (tertiary/aromatic N) is 1.